The molecule has 2 N–H and O–H groups in total. The number of hydrogen-bond acceptors (Lipinski definition) is 4. The first kappa shape index (κ1) is 18.3. The van der Waals surface area contributed by atoms with Gasteiger partial charge in [-0.3, -0.25) is 9.78 Å². The van der Waals surface area contributed by atoms with Crippen LogP contribution in [0.5, 0.6) is 5.75 Å². The molecule has 1 aliphatic rings. The lowest BCUT2D eigenvalue weighted by atomic mass is 9.91. The van der Waals surface area contributed by atoms with Crippen molar-refractivity contribution in [2.75, 3.05) is 25.9 Å². The number of nitrogen functional groups attached to an aromatic ring is 1. The van der Waals surface area contributed by atoms with Gasteiger partial charge < -0.3 is 15.4 Å². The van der Waals surface area contributed by atoms with E-state index in [0.717, 1.165) is 59.5 Å². The van der Waals surface area contributed by atoms with Gasteiger partial charge in [-0.2, -0.15) is 0 Å². The Morgan fingerprint density at radius 3 is 2.64 bits per heavy atom. The highest BCUT2D eigenvalue weighted by Gasteiger charge is 2.26. The summed E-state index contributed by atoms with van der Waals surface area (Å²) in [6.07, 6.45) is 2.13. The van der Waals surface area contributed by atoms with Crippen molar-refractivity contribution >= 4 is 22.5 Å². The van der Waals surface area contributed by atoms with Gasteiger partial charge in [-0.25, -0.2) is 0 Å². The van der Waals surface area contributed by atoms with Crippen LogP contribution in [0, 0.1) is 0 Å². The zero-order valence-electron chi connectivity index (χ0n) is 16.1. The van der Waals surface area contributed by atoms with Gasteiger partial charge in [-0.1, -0.05) is 36.4 Å². The van der Waals surface area contributed by atoms with Crippen molar-refractivity contribution in [2.45, 2.75) is 25.2 Å². The zero-order valence-corrected chi connectivity index (χ0v) is 16.1. The number of piperidine rings is 1. The Labute approximate surface area is 165 Å². The molecule has 0 saturated carbocycles. The van der Waals surface area contributed by atoms with E-state index in [9.17, 15) is 4.79 Å². The summed E-state index contributed by atoms with van der Waals surface area (Å²) in [5.41, 5.74) is 9.91. The molecule has 28 heavy (non-hydrogen) atoms. The molecule has 2 aromatic carbocycles. The molecule has 144 valence electrons. The second-order valence-electron chi connectivity index (χ2n) is 7.30. The van der Waals surface area contributed by atoms with Gasteiger partial charge in [-0.05, 0) is 31.0 Å². The monoisotopic (exact) mass is 375 g/mol. The first-order chi connectivity index (χ1) is 13.7. The summed E-state index contributed by atoms with van der Waals surface area (Å²) < 4.78 is 5.36. The number of nitrogens with zero attached hydrogens (tertiary/aromatic N) is 2. The van der Waals surface area contributed by atoms with Gasteiger partial charge in [0.1, 0.15) is 5.75 Å². The van der Waals surface area contributed by atoms with Gasteiger partial charge in [0.05, 0.1) is 30.4 Å². The average molecular weight is 375 g/mol. The van der Waals surface area contributed by atoms with Crippen LogP contribution in [0.1, 0.15) is 30.0 Å². The molecular weight excluding hydrogens is 350 g/mol. The van der Waals surface area contributed by atoms with Crippen molar-refractivity contribution in [1.82, 2.24) is 9.88 Å². The number of para-hydroxylation sites is 2. The van der Waals surface area contributed by atoms with Crippen molar-refractivity contribution in [3.63, 3.8) is 0 Å². The van der Waals surface area contributed by atoms with Crippen LogP contribution in [-0.2, 0) is 11.2 Å². The zero-order chi connectivity index (χ0) is 19.5. The summed E-state index contributed by atoms with van der Waals surface area (Å²) in [6.45, 7) is 1.46. The number of carbonyl (C=O) groups excluding carboxylic acids is 1. The number of hydrogen-bond donors (Lipinski definition) is 1. The normalized spacial score (nSPS) is 15.0. The van der Waals surface area contributed by atoms with Crippen LogP contribution in [-0.4, -0.2) is 36.0 Å². The van der Waals surface area contributed by atoms with Crippen LogP contribution in [0.4, 0.5) is 5.69 Å². The van der Waals surface area contributed by atoms with Crippen LogP contribution in [0.2, 0.25) is 0 Å². The van der Waals surface area contributed by atoms with E-state index in [1.54, 1.807) is 7.11 Å². The SMILES string of the molecule is COc1ccccc1CC(=O)N1CCC(c2nc3ccccc3cc2N)CC1. The minimum atomic E-state index is 0.141. The number of benzene rings is 2. The van der Waals surface area contributed by atoms with E-state index in [1.807, 2.05) is 59.5 Å². The number of carbonyl (C=O) groups is 1. The molecule has 5 nitrogen and oxygen atoms in total. The summed E-state index contributed by atoms with van der Waals surface area (Å²) in [5, 5.41) is 1.06. The molecule has 0 spiro atoms. The van der Waals surface area contributed by atoms with Crippen LogP contribution in [0.15, 0.2) is 54.6 Å². The fraction of sp³-hybridized carbons (Fsp3) is 0.304. The van der Waals surface area contributed by atoms with Crippen molar-refractivity contribution < 1.29 is 9.53 Å². The Balaban J connectivity index is 1.43. The second-order valence-corrected chi connectivity index (χ2v) is 7.30. The minimum Gasteiger partial charge on any atom is -0.496 e. The first-order valence-electron chi connectivity index (χ1n) is 9.70. The van der Waals surface area contributed by atoms with Crippen LogP contribution in [0.3, 0.4) is 0 Å². The molecule has 4 rings (SSSR count). The first-order valence-corrected chi connectivity index (χ1v) is 9.70. The second kappa shape index (κ2) is 7.89. The third-order valence-electron chi connectivity index (χ3n) is 5.55. The van der Waals surface area contributed by atoms with Gasteiger partial charge in [0.2, 0.25) is 5.91 Å². The lowest BCUT2D eigenvalue weighted by molar-refractivity contribution is -0.131. The van der Waals surface area contributed by atoms with Crippen molar-refractivity contribution in [1.29, 1.82) is 0 Å². The number of pyridine rings is 1. The Hall–Kier alpha value is -3.08. The molecule has 0 atom stereocenters. The minimum absolute atomic E-state index is 0.141. The van der Waals surface area contributed by atoms with E-state index >= 15 is 0 Å². The number of likely N-dealkylation sites (tertiary alicyclic amines) is 1. The molecule has 0 unspecified atom stereocenters. The van der Waals surface area contributed by atoms with E-state index in [-0.39, 0.29) is 5.91 Å². The third kappa shape index (κ3) is 3.65. The molecule has 0 bridgehead atoms. The summed E-state index contributed by atoms with van der Waals surface area (Å²) >= 11 is 0. The maximum atomic E-state index is 12.8. The van der Waals surface area contributed by atoms with Gasteiger partial charge in [0.15, 0.2) is 0 Å². The van der Waals surface area contributed by atoms with Crippen LogP contribution in [0.25, 0.3) is 10.9 Å². The Bertz CT molecular complexity index is 994. The topological polar surface area (TPSA) is 68.5 Å². The van der Waals surface area contributed by atoms with E-state index in [1.165, 1.54) is 0 Å². The summed E-state index contributed by atoms with van der Waals surface area (Å²) in [6, 6.07) is 17.7. The lowest BCUT2D eigenvalue weighted by Gasteiger charge is -2.32. The molecule has 5 heteroatoms. The number of anilines is 1. The fourth-order valence-electron chi connectivity index (χ4n) is 4.00. The van der Waals surface area contributed by atoms with E-state index < -0.39 is 0 Å². The smallest absolute Gasteiger partial charge is 0.227 e. The highest BCUT2D eigenvalue weighted by molar-refractivity contribution is 5.82. The van der Waals surface area contributed by atoms with Crippen LogP contribution < -0.4 is 10.5 Å². The Morgan fingerprint density at radius 1 is 1.14 bits per heavy atom. The number of methoxy groups -OCH3 is 1. The standard InChI is InChI=1S/C23H25N3O2/c1-28-21-9-5-3-7-18(21)15-22(27)26-12-10-16(11-13-26)23-19(24)14-17-6-2-4-8-20(17)25-23/h2-9,14,16H,10-13,15,24H2,1H3. The Kier molecular flexibility index (Phi) is 5.15. The number of amides is 1. The molecular formula is C23H25N3O2. The summed E-state index contributed by atoms with van der Waals surface area (Å²) in [7, 11) is 1.63. The van der Waals surface area contributed by atoms with Crippen molar-refractivity contribution in [3.05, 3.63) is 65.9 Å². The van der Waals surface area contributed by atoms with Gasteiger partial charge >= 0.3 is 0 Å². The fourth-order valence-corrected chi connectivity index (χ4v) is 4.00. The average Bonchev–Trinajstić information content (AvgIpc) is 2.73. The molecule has 3 aromatic rings. The molecule has 1 aliphatic heterocycles. The molecule has 0 aliphatic carbocycles. The number of ether oxygens (including phenoxy) is 1. The predicted molar refractivity (Wildman–Crippen MR) is 111 cm³/mol. The summed E-state index contributed by atoms with van der Waals surface area (Å²) in [4.78, 5) is 19.5. The molecule has 1 saturated heterocycles. The highest BCUT2D eigenvalue weighted by atomic mass is 16.5. The predicted octanol–water partition coefficient (Wildman–Crippen LogP) is 3.77. The molecule has 1 amide bonds. The van der Waals surface area contributed by atoms with E-state index in [2.05, 4.69) is 0 Å². The molecule has 2 heterocycles. The number of aromatic nitrogens is 1. The molecule has 1 fully saturated rings. The highest BCUT2D eigenvalue weighted by Crippen LogP contribution is 2.32. The summed E-state index contributed by atoms with van der Waals surface area (Å²) in [5.74, 6) is 1.20. The quantitative estimate of drug-likeness (QED) is 0.754. The van der Waals surface area contributed by atoms with E-state index in [4.69, 9.17) is 15.5 Å². The van der Waals surface area contributed by atoms with Crippen molar-refractivity contribution in [3.8, 4) is 5.75 Å². The maximum absolute atomic E-state index is 12.8. The van der Waals surface area contributed by atoms with Gasteiger partial charge in [0.25, 0.3) is 0 Å². The van der Waals surface area contributed by atoms with Crippen LogP contribution >= 0.6 is 0 Å². The lowest BCUT2D eigenvalue weighted by Crippen LogP contribution is -2.39. The van der Waals surface area contributed by atoms with Gasteiger partial charge in [-0.15, -0.1) is 0 Å². The number of fused-ring (bicyclic) bond motifs is 1. The number of nitrogens with two attached hydrogens (primary N) is 1. The Morgan fingerprint density at radius 2 is 1.86 bits per heavy atom. The maximum Gasteiger partial charge on any atom is 0.227 e. The molecule has 0 radical (unpaired) electrons. The van der Waals surface area contributed by atoms with Gasteiger partial charge in [0, 0.05) is 30.0 Å². The largest absolute Gasteiger partial charge is 0.496 e. The van der Waals surface area contributed by atoms with E-state index in [0.29, 0.717) is 12.3 Å². The number of rotatable bonds is 4. The van der Waals surface area contributed by atoms with Crippen molar-refractivity contribution in [2.24, 2.45) is 0 Å². The third-order valence-corrected chi connectivity index (χ3v) is 5.55. The molecule has 1 aromatic heterocycles.